The van der Waals surface area contributed by atoms with Gasteiger partial charge in [-0.1, -0.05) is 29.6 Å². The molecule has 2 fully saturated rings. The van der Waals surface area contributed by atoms with E-state index < -0.39 is 6.55 Å². The molecule has 220 valence electrons. The Bertz CT molecular complexity index is 1750. The van der Waals surface area contributed by atoms with Crippen LogP contribution in [0.15, 0.2) is 41.3 Å². The first-order chi connectivity index (χ1) is 20.1. The van der Waals surface area contributed by atoms with Gasteiger partial charge in [0.25, 0.3) is 11.5 Å². The second kappa shape index (κ2) is 10.8. The zero-order valence-electron chi connectivity index (χ0n) is 23.3. The summed E-state index contributed by atoms with van der Waals surface area (Å²) in [5, 5.41) is 8.13. The van der Waals surface area contributed by atoms with Gasteiger partial charge in [-0.3, -0.25) is 18.9 Å². The minimum absolute atomic E-state index is 0.131. The third-order valence-electron chi connectivity index (χ3n) is 8.09. The second-order valence-electron chi connectivity index (χ2n) is 10.8. The number of aromatic nitrogens is 5. The van der Waals surface area contributed by atoms with Gasteiger partial charge in [-0.15, -0.1) is 0 Å². The molecule has 42 heavy (non-hydrogen) atoms. The van der Waals surface area contributed by atoms with E-state index in [0.717, 1.165) is 23.1 Å². The molecule has 1 saturated carbocycles. The van der Waals surface area contributed by atoms with Gasteiger partial charge in [0.05, 0.1) is 28.3 Å². The Morgan fingerprint density at radius 1 is 1.17 bits per heavy atom. The number of benzene rings is 1. The number of pyridine rings is 1. The normalized spacial score (nSPS) is 20.2. The van der Waals surface area contributed by atoms with Crippen LogP contribution in [0.4, 0.5) is 20.4 Å². The molecule has 4 aromatic rings. The predicted molar refractivity (Wildman–Crippen MR) is 159 cm³/mol. The minimum atomic E-state index is -2.66. The number of nitrogens with zero attached hydrogens (tertiary/aromatic N) is 6. The number of aryl methyl sites for hydroxylation is 1. The molecule has 3 atom stereocenters. The van der Waals surface area contributed by atoms with E-state index >= 15 is 0 Å². The van der Waals surface area contributed by atoms with E-state index in [1.54, 1.807) is 36.1 Å². The number of fused-ring (bicyclic) bond motifs is 2. The number of piperidine rings is 1. The zero-order valence-corrected chi connectivity index (χ0v) is 24.9. The highest BCUT2D eigenvalue weighted by Gasteiger charge is 2.58. The van der Waals surface area contributed by atoms with Crippen molar-refractivity contribution in [2.75, 3.05) is 29.6 Å². The molecule has 4 heterocycles. The lowest BCUT2D eigenvalue weighted by molar-refractivity contribution is 0.0561. The van der Waals surface area contributed by atoms with Crippen LogP contribution < -0.4 is 20.5 Å². The first kappa shape index (κ1) is 28.4. The van der Waals surface area contributed by atoms with Crippen molar-refractivity contribution in [3.8, 4) is 0 Å². The van der Waals surface area contributed by atoms with E-state index in [1.165, 1.54) is 6.20 Å². The second-order valence-corrected chi connectivity index (χ2v) is 11.8. The van der Waals surface area contributed by atoms with E-state index in [-0.39, 0.29) is 46.1 Å². The highest BCUT2D eigenvalue weighted by atomic mass is 35.5. The van der Waals surface area contributed by atoms with Crippen molar-refractivity contribution < 1.29 is 13.6 Å². The van der Waals surface area contributed by atoms with E-state index in [1.807, 2.05) is 26.0 Å². The Hall–Kier alpha value is -3.71. The van der Waals surface area contributed by atoms with Crippen LogP contribution in [0.25, 0.3) is 10.9 Å². The average molecular weight is 615 g/mol. The molecule has 0 bridgehead atoms. The maximum Gasteiger partial charge on any atom is 0.333 e. The van der Waals surface area contributed by atoms with Crippen LogP contribution >= 0.6 is 23.5 Å². The quantitative estimate of drug-likeness (QED) is 0.213. The lowest BCUT2D eigenvalue weighted by atomic mass is 10.0. The molecule has 1 aliphatic carbocycles. The fourth-order valence-electron chi connectivity index (χ4n) is 6.10. The van der Waals surface area contributed by atoms with Crippen molar-refractivity contribution in [1.82, 2.24) is 29.0 Å². The molecule has 1 saturated heterocycles. The van der Waals surface area contributed by atoms with E-state index in [9.17, 15) is 18.4 Å². The number of carbonyl (C=O) groups excluding carboxylic acids is 1. The van der Waals surface area contributed by atoms with Crippen LogP contribution in [-0.2, 0) is 7.05 Å². The number of hydrogen-bond donors (Lipinski definition) is 2. The van der Waals surface area contributed by atoms with E-state index in [2.05, 4.69) is 25.0 Å². The number of carbonyl (C=O) groups is 1. The molecule has 3 unspecified atom stereocenters. The van der Waals surface area contributed by atoms with Gasteiger partial charge in [-0.25, -0.2) is 14.6 Å². The highest BCUT2D eigenvalue weighted by molar-refractivity contribution is 7.97. The highest BCUT2D eigenvalue weighted by Crippen LogP contribution is 2.58. The fraction of sp³-hybridized carbons (Fsp3) is 0.393. The molecule has 3 aromatic heterocycles. The molecule has 2 aliphatic rings. The van der Waals surface area contributed by atoms with Gasteiger partial charge >= 0.3 is 6.55 Å². The summed E-state index contributed by atoms with van der Waals surface area (Å²) in [6.45, 7) is 2.51. The monoisotopic (exact) mass is 614 g/mol. The molecular weight excluding hydrogens is 586 g/mol. The van der Waals surface area contributed by atoms with Crippen molar-refractivity contribution in [3.63, 3.8) is 0 Å². The third-order valence-corrected chi connectivity index (χ3v) is 8.69. The Kier molecular flexibility index (Phi) is 7.34. The van der Waals surface area contributed by atoms with Crippen molar-refractivity contribution in [1.29, 1.82) is 0 Å². The average Bonchev–Trinajstić information content (AvgIpc) is 3.29. The van der Waals surface area contributed by atoms with Gasteiger partial charge < -0.3 is 10.2 Å². The number of nitrogens with one attached hydrogen (secondary N) is 2. The maximum absolute atomic E-state index is 13.6. The molecule has 2 N–H and O–H groups in total. The van der Waals surface area contributed by atoms with Crippen molar-refractivity contribution in [2.45, 2.75) is 32.4 Å². The largest absolute Gasteiger partial charge is 0.377 e. The predicted octanol–water partition coefficient (Wildman–Crippen LogP) is 4.91. The first-order valence-electron chi connectivity index (χ1n) is 13.4. The smallest absolute Gasteiger partial charge is 0.333 e. The van der Waals surface area contributed by atoms with Crippen LogP contribution in [-0.4, -0.2) is 49.6 Å². The number of amides is 1. The number of hydrogen-bond acceptors (Lipinski definition) is 8. The zero-order chi connectivity index (χ0) is 29.9. The summed E-state index contributed by atoms with van der Waals surface area (Å²) in [6.07, 6.45) is 3.06. The first-order valence-corrected chi connectivity index (χ1v) is 15.0. The Balaban J connectivity index is 1.31. The Morgan fingerprint density at radius 3 is 2.57 bits per heavy atom. The summed E-state index contributed by atoms with van der Waals surface area (Å²) in [5.41, 5.74) is 3.46. The maximum atomic E-state index is 13.6. The SMILES string of the molecule is CSNC(=O)c1nc(Cl)ccc1NC(C)c1cc(C)cc2c(=O)n(C)c(N3CC4C(C3)C4c3ccn(C(F)F)n3)nc12. The van der Waals surface area contributed by atoms with E-state index in [4.69, 9.17) is 16.6 Å². The summed E-state index contributed by atoms with van der Waals surface area (Å²) in [4.78, 5) is 37.6. The lowest BCUT2D eigenvalue weighted by Gasteiger charge is -2.25. The summed E-state index contributed by atoms with van der Waals surface area (Å²) in [6, 6.07) is 8.45. The number of anilines is 2. The van der Waals surface area contributed by atoms with Crippen LogP contribution in [0, 0.1) is 18.8 Å². The molecule has 0 spiro atoms. The topological polar surface area (TPSA) is 110 Å². The van der Waals surface area contributed by atoms with Crippen LogP contribution in [0.2, 0.25) is 5.15 Å². The summed E-state index contributed by atoms with van der Waals surface area (Å²) in [5.74, 6) is 0.837. The van der Waals surface area contributed by atoms with E-state index in [0.29, 0.717) is 46.0 Å². The van der Waals surface area contributed by atoms with Gasteiger partial charge in [-0.2, -0.15) is 13.9 Å². The Labute approximate surface area is 249 Å². The molecule has 10 nitrogen and oxygen atoms in total. The third kappa shape index (κ3) is 4.98. The standard InChI is InChI=1S/C28H29ClF2N8O2S/c1-13-9-15(14(2)32-20-5-6-21(29)33-24(20)25(40)36-42-4)23-16(10-13)26(41)37(3)28(34-23)38-11-17-18(12-38)22(17)19-7-8-39(35-19)27(30)31/h5-10,14,17-18,22,27,32H,11-12H2,1-4H3,(H,36,40). The van der Waals surface area contributed by atoms with Crippen LogP contribution in [0.5, 0.6) is 0 Å². The molecule has 6 rings (SSSR count). The van der Waals surface area contributed by atoms with Crippen LogP contribution in [0.1, 0.15) is 52.7 Å². The van der Waals surface area contributed by atoms with Crippen molar-refractivity contribution in [2.24, 2.45) is 18.9 Å². The number of halogens is 3. The summed E-state index contributed by atoms with van der Waals surface area (Å²) in [7, 11) is 1.72. The van der Waals surface area contributed by atoms with Gasteiger partial charge in [0.2, 0.25) is 5.95 Å². The fourth-order valence-corrected chi connectivity index (χ4v) is 6.53. The molecule has 1 aromatic carbocycles. The minimum Gasteiger partial charge on any atom is -0.377 e. The summed E-state index contributed by atoms with van der Waals surface area (Å²) >= 11 is 7.25. The van der Waals surface area contributed by atoms with Gasteiger partial charge in [-0.05, 0) is 55.5 Å². The molecule has 1 amide bonds. The molecule has 14 heteroatoms. The van der Waals surface area contributed by atoms with Gasteiger partial charge in [0.15, 0.2) is 5.69 Å². The van der Waals surface area contributed by atoms with Crippen molar-refractivity contribution >= 4 is 52.0 Å². The molecule has 1 aliphatic heterocycles. The van der Waals surface area contributed by atoms with Gasteiger partial charge in [0.1, 0.15) is 5.15 Å². The van der Waals surface area contributed by atoms with Gasteiger partial charge in [0, 0.05) is 44.1 Å². The molecule has 0 radical (unpaired) electrons. The van der Waals surface area contributed by atoms with Crippen LogP contribution in [0.3, 0.4) is 0 Å². The number of alkyl halides is 2. The molecular formula is C28H29ClF2N8O2S. The lowest BCUT2D eigenvalue weighted by Crippen LogP contribution is -2.32. The number of rotatable bonds is 8. The summed E-state index contributed by atoms with van der Waals surface area (Å²) < 4.78 is 30.9. The van der Waals surface area contributed by atoms with Crippen molar-refractivity contribution in [3.05, 3.63) is 74.6 Å². The Morgan fingerprint density at radius 2 is 1.90 bits per heavy atom.